The molecule has 0 aliphatic rings. The molecule has 0 unspecified atom stereocenters. The molecule has 21 heavy (non-hydrogen) atoms. The van der Waals surface area contributed by atoms with Crippen molar-refractivity contribution in [3.05, 3.63) is 41.0 Å². The van der Waals surface area contributed by atoms with Gasteiger partial charge in [0, 0.05) is 4.88 Å². The average Bonchev–Trinajstić information content (AvgIpc) is 2.92. The van der Waals surface area contributed by atoms with Crippen molar-refractivity contribution >= 4 is 39.0 Å². The number of para-hydroxylation sites is 1. The summed E-state index contributed by atoms with van der Waals surface area (Å²) in [6, 6.07) is 8.48. The monoisotopic (exact) mass is 303 g/mol. The molecular formula is C14H14FN5S. The number of halogens is 1. The van der Waals surface area contributed by atoms with Crippen LogP contribution in [-0.2, 0) is 6.42 Å². The quantitative estimate of drug-likeness (QED) is 0.508. The predicted molar refractivity (Wildman–Crippen MR) is 84.3 cm³/mol. The fourth-order valence-corrected chi connectivity index (χ4v) is 2.96. The van der Waals surface area contributed by atoms with Crippen molar-refractivity contribution in [2.45, 2.75) is 13.3 Å². The van der Waals surface area contributed by atoms with Crippen molar-refractivity contribution in [1.82, 2.24) is 9.97 Å². The van der Waals surface area contributed by atoms with E-state index in [2.05, 4.69) is 27.6 Å². The Kier molecular flexibility index (Phi) is 3.68. The zero-order chi connectivity index (χ0) is 14.8. The molecule has 0 spiro atoms. The molecular weight excluding hydrogens is 289 g/mol. The molecule has 5 nitrogen and oxygen atoms in total. The molecule has 1 aromatic carbocycles. The molecule has 0 bridgehead atoms. The summed E-state index contributed by atoms with van der Waals surface area (Å²) in [7, 11) is 0. The van der Waals surface area contributed by atoms with Crippen LogP contribution in [0, 0.1) is 5.82 Å². The van der Waals surface area contributed by atoms with Crippen LogP contribution in [-0.4, -0.2) is 9.97 Å². The molecule has 2 aromatic heterocycles. The van der Waals surface area contributed by atoms with E-state index in [1.165, 1.54) is 10.9 Å². The van der Waals surface area contributed by atoms with Gasteiger partial charge in [-0.1, -0.05) is 19.1 Å². The van der Waals surface area contributed by atoms with E-state index in [1.54, 1.807) is 29.5 Å². The van der Waals surface area contributed by atoms with Gasteiger partial charge in [0.15, 0.2) is 0 Å². The SMILES string of the molecule is CCc1cc2c(Nc3ccccc3F)nc(NN)nc2s1. The minimum Gasteiger partial charge on any atom is -0.337 e. The number of rotatable bonds is 4. The summed E-state index contributed by atoms with van der Waals surface area (Å²) in [5.74, 6) is 5.90. The van der Waals surface area contributed by atoms with Gasteiger partial charge in [-0.05, 0) is 24.6 Å². The fourth-order valence-electron chi connectivity index (χ4n) is 2.00. The summed E-state index contributed by atoms with van der Waals surface area (Å²) in [6.07, 6.45) is 0.908. The van der Waals surface area contributed by atoms with Crippen LogP contribution in [0.2, 0.25) is 0 Å². The van der Waals surface area contributed by atoms with Crippen LogP contribution in [0.3, 0.4) is 0 Å². The first-order valence-electron chi connectivity index (χ1n) is 6.50. The number of hydrazine groups is 1. The number of aromatic nitrogens is 2. The first-order chi connectivity index (χ1) is 10.2. The van der Waals surface area contributed by atoms with Crippen molar-refractivity contribution in [3.8, 4) is 0 Å². The van der Waals surface area contributed by atoms with Gasteiger partial charge < -0.3 is 5.32 Å². The summed E-state index contributed by atoms with van der Waals surface area (Å²) < 4.78 is 13.8. The van der Waals surface area contributed by atoms with Gasteiger partial charge in [-0.15, -0.1) is 11.3 Å². The molecule has 108 valence electrons. The van der Waals surface area contributed by atoms with E-state index in [9.17, 15) is 4.39 Å². The number of thiophene rings is 1. The Balaban J connectivity index is 2.11. The number of aryl methyl sites for hydroxylation is 1. The zero-order valence-corrected chi connectivity index (χ0v) is 12.2. The third-order valence-electron chi connectivity index (χ3n) is 3.05. The highest BCUT2D eigenvalue weighted by atomic mass is 32.1. The Morgan fingerprint density at radius 3 is 2.81 bits per heavy atom. The highest BCUT2D eigenvalue weighted by Crippen LogP contribution is 2.32. The van der Waals surface area contributed by atoms with Gasteiger partial charge in [-0.2, -0.15) is 4.98 Å². The van der Waals surface area contributed by atoms with Crippen LogP contribution in [0.25, 0.3) is 10.2 Å². The lowest BCUT2D eigenvalue weighted by Crippen LogP contribution is -2.11. The lowest BCUT2D eigenvalue weighted by atomic mass is 10.2. The average molecular weight is 303 g/mol. The Bertz CT molecular complexity index is 786. The van der Waals surface area contributed by atoms with E-state index in [0.717, 1.165) is 16.6 Å². The number of benzene rings is 1. The van der Waals surface area contributed by atoms with Crippen molar-refractivity contribution in [1.29, 1.82) is 0 Å². The van der Waals surface area contributed by atoms with Gasteiger partial charge >= 0.3 is 0 Å². The number of hydrogen-bond acceptors (Lipinski definition) is 6. The highest BCUT2D eigenvalue weighted by molar-refractivity contribution is 7.18. The summed E-state index contributed by atoms with van der Waals surface area (Å²) in [5, 5.41) is 3.87. The molecule has 2 heterocycles. The van der Waals surface area contributed by atoms with Crippen LogP contribution in [0.4, 0.5) is 21.8 Å². The van der Waals surface area contributed by atoms with Crippen LogP contribution in [0.1, 0.15) is 11.8 Å². The maximum Gasteiger partial charge on any atom is 0.240 e. The molecule has 0 fully saturated rings. The van der Waals surface area contributed by atoms with Crippen molar-refractivity contribution in [2.75, 3.05) is 10.7 Å². The molecule has 0 aliphatic heterocycles. The molecule has 0 radical (unpaired) electrons. The number of nitrogens with two attached hydrogens (primary N) is 1. The molecule has 4 N–H and O–H groups in total. The fraction of sp³-hybridized carbons (Fsp3) is 0.143. The second kappa shape index (κ2) is 5.63. The predicted octanol–water partition coefficient (Wildman–Crippen LogP) is 3.42. The Labute approximate surface area is 125 Å². The van der Waals surface area contributed by atoms with Crippen LogP contribution >= 0.6 is 11.3 Å². The topological polar surface area (TPSA) is 75.9 Å². The first-order valence-corrected chi connectivity index (χ1v) is 7.31. The highest BCUT2D eigenvalue weighted by Gasteiger charge is 2.12. The molecule has 0 saturated heterocycles. The summed E-state index contributed by atoms with van der Waals surface area (Å²) >= 11 is 1.58. The minimum atomic E-state index is -0.336. The number of anilines is 3. The van der Waals surface area contributed by atoms with E-state index < -0.39 is 0 Å². The number of nitrogen functional groups attached to an aromatic ring is 1. The van der Waals surface area contributed by atoms with Crippen molar-refractivity contribution in [2.24, 2.45) is 5.84 Å². The van der Waals surface area contributed by atoms with E-state index in [0.29, 0.717) is 17.5 Å². The second-order valence-corrected chi connectivity index (χ2v) is 5.55. The maximum atomic E-state index is 13.8. The summed E-state index contributed by atoms with van der Waals surface area (Å²) in [4.78, 5) is 10.6. The van der Waals surface area contributed by atoms with Gasteiger partial charge in [-0.25, -0.2) is 15.2 Å². The number of fused-ring (bicyclic) bond motifs is 1. The molecule has 0 atom stereocenters. The molecule has 7 heteroatoms. The first kappa shape index (κ1) is 13.7. The van der Waals surface area contributed by atoms with E-state index in [4.69, 9.17) is 5.84 Å². The third kappa shape index (κ3) is 2.65. The largest absolute Gasteiger partial charge is 0.337 e. The third-order valence-corrected chi connectivity index (χ3v) is 4.22. The van der Waals surface area contributed by atoms with E-state index in [-0.39, 0.29) is 5.82 Å². The van der Waals surface area contributed by atoms with E-state index in [1.807, 2.05) is 6.07 Å². The number of hydrogen-bond donors (Lipinski definition) is 3. The molecule has 0 amide bonds. The molecule has 3 aromatic rings. The van der Waals surface area contributed by atoms with Gasteiger partial charge in [0.2, 0.25) is 5.95 Å². The van der Waals surface area contributed by atoms with Crippen LogP contribution in [0.5, 0.6) is 0 Å². The smallest absolute Gasteiger partial charge is 0.240 e. The Morgan fingerprint density at radius 1 is 1.29 bits per heavy atom. The van der Waals surface area contributed by atoms with Crippen LogP contribution in [0.15, 0.2) is 30.3 Å². The lowest BCUT2D eigenvalue weighted by molar-refractivity contribution is 0.632. The van der Waals surface area contributed by atoms with Crippen molar-refractivity contribution in [3.63, 3.8) is 0 Å². The molecule has 0 aliphatic carbocycles. The maximum absolute atomic E-state index is 13.8. The van der Waals surface area contributed by atoms with Gasteiger partial charge in [0.25, 0.3) is 0 Å². The molecule has 0 saturated carbocycles. The summed E-state index contributed by atoms with van der Waals surface area (Å²) in [5.41, 5.74) is 2.80. The lowest BCUT2D eigenvalue weighted by Gasteiger charge is -2.09. The second-order valence-electron chi connectivity index (χ2n) is 4.43. The standard InChI is InChI=1S/C14H14FN5S/c1-2-8-7-9-12(17-11-6-4-3-5-10(11)15)18-14(20-16)19-13(9)21-8/h3-7H,2,16H2,1H3,(H2,17,18,19,20). The number of nitrogens with zero attached hydrogens (tertiary/aromatic N) is 2. The Hall–Kier alpha value is -2.25. The number of nitrogens with one attached hydrogen (secondary N) is 2. The van der Waals surface area contributed by atoms with Crippen LogP contribution < -0.4 is 16.6 Å². The minimum absolute atomic E-state index is 0.297. The normalized spacial score (nSPS) is 10.8. The zero-order valence-electron chi connectivity index (χ0n) is 11.4. The van der Waals surface area contributed by atoms with Crippen molar-refractivity contribution < 1.29 is 4.39 Å². The Morgan fingerprint density at radius 2 is 2.10 bits per heavy atom. The van der Waals surface area contributed by atoms with E-state index >= 15 is 0 Å². The van der Waals surface area contributed by atoms with Gasteiger partial charge in [0.05, 0.1) is 11.1 Å². The van der Waals surface area contributed by atoms with Gasteiger partial charge in [0.1, 0.15) is 16.5 Å². The summed E-state index contributed by atoms with van der Waals surface area (Å²) in [6.45, 7) is 2.07. The van der Waals surface area contributed by atoms with Gasteiger partial charge in [-0.3, -0.25) is 5.43 Å². The molecule has 3 rings (SSSR count).